The Morgan fingerprint density at radius 3 is 2.56 bits per heavy atom. The van der Waals surface area contributed by atoms with Crippen molar-refractivity contribution >= 4 is 5.69 Å². The first-order valence-electron chi connectivity index (χ1n) is 6.04. The van der Waals surface area contributed by atoms with E-state index in [1.165, 1.54) is 12.1 Å². The zero-order chi connectivity index (χ0) is 13.2. The van der Waals surface area contributed by atoms with E-state index < -0.39 is 4.92 Å². The van der Waals surface area contributed by atoms with Crippen LogP contribution < -0.4 is 10.1 Å². The molecule has 0 aliphatic rings. The number of non-ortho nitro benzene ring substituents is 1. The van der Waals surface area contributed by atoms with Gasteiger partial charge in [0.1, 0.15) is 5.75 Å². The van der Waals surface area contributed by atoms with Gasteiger partial charge in [-0.25, -0.2) is 0 Å². The molecule has 0 heterocycles. The summed E-state index contributed by atoms with van der Waals surface area (Å²) in [6.45, 7) is 2.53. The first-order chi connectivity index (χ1) is 8.74. The van der Waals surface area contributed by atoms with Crippen LogP contribution in [-0.4, -0.2) is 36.3 Å². The highest BCUT2D eigenvalue weighted by molar-refractivity contribution is 5.35. The van der Waals surface area contributed by atoms with E-state index in [-0.39, 0.29) is 12.3 Å². The second kappa shape index (κ2) is 8.43. The van der Waals surface area contributed by atoms with E-state index in [0.29, 0.717) is 12.4 Å². The van der Waals surface area contributed by atoms with E-state index in [1.807, 2.05) is 0 Å². The Kier molecular flexibility index (Phi) is 6.75. The van der Waals surface area contributed by atoms with Crippen LogP contribution in [0.1, 0.15) is 12.8 Å². The maximum Gasteiger partial charge on any atom is 0.269 e. The van der Waals surface area contributed by atoms with Gasteiger partial charge in [-0.15, -0.1) is 0 Å². The van der Waals surface area contributed by atoms with Gasteiger partial charge in [-0.1, -0.05) is 0 Å². The summed E-state index contributed by atoms with van der Waals surface area (Å²) >= 11 is 0. The van der Waals surface area contributed by atoms with Gasteiger partial charge < -0.3 is 15.2 Å². The molecule has 3 N–H and O–H groups in total. The van der Waals surface area contributed by atoms with Crippen molar-refractivity contribution in [2.24, 2.45) is 0 Å². The predicted octanol–water partition coefficient (Wildman–Crippen LogP) is 0.309. The van der Waals surface area contributed by atoms with Crippen LogP contribution in [0.4, 0.5) is 5.69 Å². The summed E-state index contributed by atoms with van der Waals surface area (Å²) in [5.74, 6) is 0.653. The van der Waals surface area contributed by atoms with Gasteiger partial charge in [-0.2, -0.15) is 0 Å². The molecule has 0 saturated heterocycles. The highest BCUT2D eigenvalue weighted by Gasteiger charge is 2.03. The summed E-state index contributed by atoms with van der Waals surface area (Å²) in [6.07, 6.45) is 1.95. The van der Waals surface area contributed by atoms with Crippen LogP contribution >= 0.6 is 0 Å². The Bertz CT molecular complexity index is 354. The zero-order valence-corrected chi connectivity index (χ0v) is 10.2. The van der Waals surface area contributed by atoms with Crippen LogP contribution in [0.2, 0.25) is 0 Å². The normalized spacial score (nSPS) is 10.3. The number of quaternary nitrogens is 1. The summed E-state index contributed by atoms with van der Waals surface area (Å²) in [4.78, 5) is 10.0. The Morgan fingerprint density at radius 2 is 1.94 bits per heavy atom. The highest BCUT2D eigenvalue weighted by atomic mass is 16.6. The lowest BCUT2D eigenvalue weighted by Crippen LogP contribution is -2.85. The smallest absolute Gasteiger partial charge is 0.269 e. The number of benzene rings is 1. The number of nitrogens with zero attached hydrogens (tertiary/aromatic N) is 1. The van der Waals surface area contributed by atoms with Crippen molar-refractivity contribution in [3.8, 4) is 5.75 Å². The van der Waals surface area contributed by atoms with Crippen molar-refractivity contribution in [3.05, 3.63) is 34.4 Å². The van der Waals surface area contributed by atoms with Crippen LogP contribution in [-0.2, 0) is 0 Å². The average molecular weight is 255 g/mol. The molecule has 1 aromatic rings. The summed E-state index contributed by atoms with van der Waals surface area (Å²) in [5, 5.41) is 21.1. The second-order valence-electron chi connectivity index (χ2n) is 3.90. The Hall–Kier alpha value is -1.66. The number of ether oxygens (including phenoxy) is 1. The quantitative estimate of drug-likeness (QED) is 0.377. The second-order valence-corrected chi connectivity index (χ2v) is 3.90. The standard InChI is InChI=1S/C12H18N2O4/c15-9-8-13-7-1-2-10-18-12-5-3-11(4-6-12)14(16)17/h3-6,13,15H,1-2,7-10H2/p+1. The molecule has 1 aromatic carbocycles. The Labute approximate surface area is 106 Å². The number of nitro benzene ring substituents is 1. The number of nitrogens with two attached hydrogens (primary N) is 1. The third-order valence-electron chi connectivity index (χ3n) is 2.45. The molecular formula is C12H19N2O4+. The number of aliphatic hydroxyl groups excluding tert-OH is 1. The van der Waals surface area contributed by atoms with Gasteiger partial charge in [0.2, 0.25) is 0 Å². The minimum atomic E-state index is -0.430. The third kappa shape index (κ3) is 5.60. The van der Waals surface area contributed by atoms with Crippen molar-refractivity contribution in [1.29, 1.82) is 0 Å². The highest BCUT2D eigenvalue weighted by Crippen LogP contribution is 2.17. The van der Waals surface area contributed by atoms with Crippen LogP contribution in [0.25, 0.3) is 0 Å². The molecule has 6 heteroatoms. The van der Waals surface area contributed by atoms with E-state index in [1.54, 1.807) is 12.1 Å². The Morgan fingerprint density at radius 1 is 1.22 bits per heavy atom. The van der Waals surface area contributed by atoms with Crippen molar-refractivity contribution in [2.45, 2.75) is 12.8 Å². The lowest BCUT2D eigenvalue weighted by molar-refractivity contribution is -0.656. The molecule has 18 heavy (non-hydrogen) atoms. The molecule has 0 saturated carbocycles. The number of aliphatic hydroxyl groups is 1. The molecule has 100 valence electrons. The van der Waals surface area contributed by atoms with Gasteiger partial charge in [0.25, 0.3) is 5.69 Å². The van der Waals surface area contributed by atoms with Crippen LogP contribution in [0.5, 0.6) is 5.75 Å². The topological polar surface area (TPSA) is 89.2 Å². The molecule has 0 bridgehead atoms. The van der Waals surface area contributed by atoms with Crippen molar-refractivity contribution in [3.63, 3.8) is 0 Å². The third-order valence-corrected chi connectivity index (χ3v) is 2.45. The number of unbranched alkanes of at least 4 members (excludes halogenated alkanes) is 1. The summed E-state index contributed by atoms with van der Waals surface area (Å²) < 4.78 is 5.46. The zero-order valence-electron chi connectivity index (χ0n) is 10.2. The number of hydrogen-bond acceptors (Lipinski definition) is 4. The van der Waals surface area contributed by atoms with Crippen LogP contribution in [0.15, 0.2) is 24.3 Å². The fourth-order valence-corrected chi connectivity index (χ4v) is 1.48. The molecule has 0 unspecified atom stereocenters. The maximum atomic E-state index is 10.4. The van der Waals surface area contributed by atoms with E-state index in [4.69, 9.17) is 9.84 Å². The maximum absolute atomic E-state index is 10.4. The molecular weight excluding hydrogens is 236 g/mol. The molecule has 0 fully saturated rings. The monoisotopic (exact) mass is 255 g/mol. The lowest BCUT2D eigenvalue weighted by Gasteiger charge is -2.05. The minimum Gasteiger partial charge on any atom is -0.494 e. The van der Waals surface area contributed by atoms with Gasteiger partial charge in [0.15, 0.2) is 0 Å². The molecule has 0 aliphatic carbocycles. The molecule has 1 rings (SSSR count). The number of nitro groups is 1. The van der Waals surface area contributed by atoms with Crippen molar-refractivity contribution in [1.82, 2.24) is 0 Å². The largest absolute Gasteiger partial charge is 0.494 e. The molecule has 0 aliphatic heterocycles. The summed E-state index contributed by atoms with van der Waals surface area (Å²) in [6, 6.07) is 6.08. The molecule has 0 aromatic heterocycles. The predicted molar refractivity (Wildman–Crippen MR) is 66.6 cm³/mol. The first kappa shape index (κ1) is 14.4. The fourth-order valence-electron chi connectivity index (χ4n) is 1.48. The molecule has 0 amide bonds. The lowest BCUT2D eigenvalue weighted by atomic mass is 10.3. The van der Waals surface area contributed by atoms with Crippen molar-refractivity contribution in [2.75, 3.05) is 26.3 Å². The van der Waals surface area contributed by atoms with Crippen LogP contribution in [0.3, 0.4) is 0 Å². The van der Waals surface area contributed by atoms with Gasteiger partial charge >= 0.3 is 0 Å². The van der Waals surface area contributed by atoms with E-state index >= 15 is 0 Å². The fraction of sp³-hybridized carbons (Fsp3) is 0.500. The van der Waals surface area contributed by atoms with Crippen LogP contribution in [0, 0.1) is 10.1 Å². The molecule has 0 spiro atoms. The van der Waals surface area contributed by atoms with Crippen molar-refractivity contribution < 1.29 is 20.1 Å². The molecule has 0 atom stereocenters. The van der Waals surface area contributed by atoms with Gasteiger partial charge in [0.05, 0.1) is 31.2 Å². The minimum absolute atomic E-state index is 0.0703. The number of hydrogen-bond donors (Lipinski definition) is 2. The van der Waals surface area contributed by atoms with Gasteiger partial charge in [-0.3, -0.25) is 10.1 Å². The van der Waals surface area contributed by atoms with E-state index in [2.05, 4.69) is 5.32 Å². The average Bonchev–Trinajstić information content (AvgIpc) is 2.38. The SMILES string of the molecule is O=[N+]([O-])c1ccc(OCCCC[NH2+]CCO)cc1. The summed E-state index contributed by atoms with van der Waals surface area (Å²) in [7, 11) is 0. The Balaban J connectivity index is 2.14. The number of rotatable bonds is 9. The summed E-state index contributed by atoms with van der Waals surface area (Å²) in [5.41, 5.74) is 0.0703. The molecule has 6 nitrogen and oxygen atoms in total. The molecule has 0 radical (unpaired) electrons. The van der Waals surface area contributed by atoms with Gasteiger partial charge in [0, 0.05) is 12.1 Å². The first-order valence-corrected chi connectivity index (χ1v) is 6.04. The van der Waals surface area contributed by atoms with Gasteiger partial charge in [-0.05, 0) is 25.0 Å². The van der Waals surface area contributed by atoms with E-state index in [0.717, 1.165) is 25.9 Å². The van der Waals surface area contributed by atoms with E-state index in [9.17, 15) is 10.1 Å².